The van der Waals surface area contributed by atoms with E-state index in [1.54, 1.807) is 17.0 Å². The quantitative estimate of drug-likeness (QED) is 0.525. The van der Waals surface area contributed by atoms with Crippen molar-refractivity contribution in [2.24, 2.45) is 0 Å². The van der Waals surface area contributed by atoms with Gasteiger partial charge >= 0.3 is 5.97 Å². The Kier molecular flexibility index (Phi) is 2.58. The Balaban J connectivity index is 2.65. The fourth-order valence-corrected chi connectivity index (χ4v) is 0.828. The Labute approximate surface area is 70.6 Å². The monoisotopic (exact) mass is 164 g/mol. The van der Waals surface area contributed by atoms with Crippen LogP contribution in [0.4, 0.5) is 0 Å². The average molecular weight is 164 g/mol. The van der Waals surface area contributed by atoms with Crippen LogP contribution in [0.1, 0.15) is 0 Å². The van der Waals surface area contributed by atoms with Crippen LogP contribution in [0.25, 0.3) is 0 Å². The Bertz CT molecular complexity index is 293. The first-order valence-corrected chi connectivity index (χ1v) is 3.55. The van der Waals surface area contributed by atoms with Gasteiger partial charge in [-0.3, -0.25) is 0 Å². The summed E-state index contributed by atoms with van der Waals surface area (Å²) in [5, 5.41) is 8.53. The smallest absolute Gasteiger partial charge is 0.337 e. The van der Waals surface area contributed by atoms with E-state index in [1.165, 1.54) is 0 Å². The zero-order chi connectivity index (χ0) is 8.97. The lowest BCUT2D eigenvalue weighted by atomic mass is 10.3. The van der Waals surface area contributed by atoms with E-state index >= 15 is 0 Å². The molecule has 0 amide bonds. The summed E-state index contributed by atoms with van der Waals surface area (Å²) in [5.41, 5.74) is 0.186. The Morgan fingerprint density at radius 3 is 2.42 bits per heavy atom. The Hall–Kier alpha value is -1.64. The second kappa shape index (κ2) is 3.67. The van der Waals surface area contributed by atoms with Gasteiger partial charge in [0.25, 0.3) is 0 Å². The van der Waals surface area contributed by atoms with Gasteiger partial charge in [-0.15, -0.1) is 0 Å². The lowest BCUT2D eigenvalue weighted by Gasteiger charge is -1.94. The van der Waals surface area contributed by atoms with Gasteiger partial charge in [0.1, 0.15) is 0 Å². The van der Waals surface area contributed by atoms with Gasteiger partial charge in [-0.1, -0.05) is 12.6 Å². The average Bonchev–Trinajstić information content (AvgIpc) is 2.06. The topological polar surface area (TPSA) is 41.2 Å². The normalized spacial score (nSPS) is 9.33. The van der Waals surface area contributed by atoms with Gasteiger partial charge in [-0.05, 0) is 0 Å². The molecule has 1 N–H and O–H groups in total. The molecule has 3 heteroatoms. The number of nitrogens with zero attached hydrogens (tertiary/aromatic N) is 1. The van der Waals surface area contributed by atoms with E-state index in [0.717, 1.165) is 0 Å². The third kappa shape index (κ3) is 2.20. The number of carboxylic acid groups (broad SMARTS) is 1. The molecule has 62 valence electrons. The molecule has 1 heterocycles. The van der Waals surface area contributed by atoms with Crippen molar-refractivity contribution in [2.75, 3.05) is 0 Å². The number of rotatable bonds is 3. The molecule has 3 nitrogen and oxygen atoms in total. The van der Waals surface area contributed by atoms with E-state index in [2.05, 4.69) is 6.58 Å². The maximum atomic E-state index is 10.4. The summed E-state index contributed by atoms with van der Waals surface area (Å²) in [6, 6.07) is 5.56. The van der Waals surface area contributed by atoms with E-state index in [0.29, 0.717) is 6.54 Å². The predicted molar refractivity (Wildman–Crippen MR) is 43.4 cm³/mol. The summed E-state index contributed by atoms with van der Waals surface area (Å²) in [6.07, 6.45) is 3.60. The number of hydrogen-bond donors (Lipinski definition) is 1. The van der Waals surface area contributed by atoms with Crippen LogP contribution < -0.4 is 4.57 Å². The molecule has 0 aliphatic rings. The highest BCUT2D eigenvalue weighted by Crippen LogP contribution is 1.89. The van der Waals surface area contributed by atoms with Gasteiger partial charge in [-0.25, -0.2) is 9.36 Å². The summed E-state index contributed by atoms with van der Waals surface area (Å²) >= 11 is 0. The Morgan fingerprint density at radius 2 is 1.92 bits per heavy atom. The van der Waals surface area contributed by atoms with Crippen LogP contribution in [0.2, 0.25) is 0 Å². The van der Waals surface area contributed by atoms with Gasteiger partial charge < -0.3 is 5.11 Å². The number of aliphatic carboxylic acids is 1. The fraction of sp³-hybridized carbons (Fsp3) is 0.111. The first-order valence-electron chi connectivity index (χ1n) is 3.55. The standard InChI is InChI=1S/C9H9NO2/c1-8(9(11)12)7-10-5-3-2-4-6-10/h2-6H,1,7H2/p+1. The second-order valence-electron chi connectivity index (χ2n) is 2.46. The molecule has 0 aromatic carbocycles. The number of aromatic nitrogens is 1. The van der Waals surface area contributed by atoms with Gasteiger partial charge in [0, 0.05) is 12.1 Å². The number of pyridine rings is 1. The fourth-order valence-electron chi connectivity index (χ4n) is 0.828. The van der Waals surface area contributed by atoms with Crippen molar-refractivity contribution in [3.05, 3.63) is 42.7 Å². The minimum absolute atomic E-state index is 0.186. The lowest BCUT2D eigenvalue weighted by molar-refractivity contribution is -0.688. The highest BCUT2D eigenvalue weighted by atomic mass is 16.4. The van der Waals surface area contributed by atoms with Crippen LogP contribution in [0.5, 0.6) is 0 Å². The van der Waals surface area contributed by atoms with Crippen molar-refractivity contribution >= 4 is 5.97 Å². The zero-order valence-corrected chi connectivity index (χ0v) is 6.60. The summed E-state index contributed by atoms with van der Waals surface area (Å²) in [7, 11) is 0. The molecule has 1 rings (SSSR count). The van der Waals surface area contributed by atoms with E-state index < -0.39 is 5.97 Å². The van der Waals surface area contributed by atoms with Crippen molar-refractivity contribution in [3.63, 3.8) is 0 Å². The maximum absolute atomic E-state index is 10.4. The molecule has 0 aliphatic carbocycles. The highest BCUT2D eigenvalue weighted by molar-refractivity contribution is 5.85. The minimum Gasteiger partial charge on any atom is -0.478 e. The van der Waals surface area contributed by atoms with Crippen molar-refractivity contribution in [1.82, 2.24) is 0 Å². The molecule has 0 radical (unpaired) electrons. The molecular formula is C9H10NO2+. The summed E-state index contributed by atoms with van der Waals surface area (Å²) in [6.45, 7) is 3.76. The highest BCUT2D eigenvalue weighted by Gasteiger charge is 2.08. The zero-order valence-electron chi connectivity index (χ0n) is 6.60. The Morgan fingerprint density at radius 1 is 1.33 bits per heavy atom. The van der Waals surface area contributed by atoms with Crippen LogP contribution in [-0.2, 0) is 11.3 Å². The molecule has 0 atom stereocenters. The van der Waals surface area contributed by atoms with Crippen LogP contribution in [0, 0.1) is 0 Å². The molecule has 0 unspecified atom stereocenters. The second-order valence-corrected chi connectivity index (χ2v) is 2.46. The molecule has 0 bridgehead atoms. The van der Waals surface area contributed by atoms with Crippen LogP contribution >= 0.6 is 0 Å². The molecule has 0 saturated carbocycles. The van der Waals surface area contributed by atoms with Gasteiger partial charge in [-0.2, -0.15) is 0 Å². The number of carboxylic acids is 1. The molecule has 0 aliphatic heterocycles. The van der Waals surface area contributed by atoms with Crippen molar-refractivity contribution < 1.29 is 14.5 Å². The maximum Gasteiger partial charge on any atom is 0.337 e. The van der Waals surface area contributed by atoms with Crippen LogP contribution in [0.3, 0.4) is 0 Å². The van der Waals surface area contributed by atoms with Gasteiger partial charge in [0.05, 0.1) is 5.57 Å². The summed E-state index contributed by atoms with van der Waals surface area (Å²) in [4.78, 5) is 10.4. The van der Waals surface area contributed by atoms with E-state index in [-0.39, 0.29) is 5.57 Å². The molecule has 0 spiro atoms. The minimum atomic E-state index is -0.952. The van der Waals surface area contributed by atoms with Crippen molar-refractivity contribution in [1.29, 1.82) is 0 Å². The molecule has 1 aromatic heterocycles. The van der Waals surface area contributed by atoms with Gasteiger partial charge in [0.2, 0.25) is 0 Å². The largest absolute Gasteiger partial charge is 0.478 e. The SMILES string of the molecule is C=C(C[n+]1ccccc1)C(=O)O. The van der Waals surface area contributed by atoms with E-state index in [9.17, 15) is 4.79 Å². The van der Waals surface area contributed by atoms with Gasteiger partial charge in [0.15, 0.2) is 18.9 Å². The van der Waals surface area contributed by atoms with E-state index in [1.807, 2.05) is 18.2 Å². The van der Waals surface area contributed by atoms with E-state index in [4.69, 9.17) is 5.11 Å². The van der Waals surface area contributed by atoms with Crippen molar-refractivity contribution in [2.45, 2.75) is 6.54 Å². The third-order valence-electron chi connectivity index (χ3n) is 1.45. The third-order valence-corrected chi connectivity index (χ3v) is 1.45. The number of hydrogen-bond acceptors (Lipinski definition) is 1. The molecular weight excluding hydrogens is 154 g/mol. The first kappa shape index (κ1) is 8.46. The van der Waals surface area contributed by atoms with Crippen LogP contribution in [0.15, 0.2) is 42.7 Å². The first-order chi connectivity index (χ1) is 5.70. The lowest BCUT2D eigenvalue weighted by Crippen LogP contribution is -2.34. The molecule has 0 fully saturated rings. The van der Waals surface area contributed by atoms with Crippen molar-refractivity contribution in [3.8, 4) is 0 Å². The molecule has 12 heavy (non-hydrogen) atoms. The molecule has 0 saturated heterocycles. The predicted octanol–water partition coefficient (Wildman–Crippen LogP) is 0.615. The molecule has 1 aromatic rings. The number of carbonyl (C=O) groups is 1. The summed E-state index contributed by atoms with van der Waals surface area (Å²) in [5.74, 6) is -0.952. The van der Waals surface area contributed by atoms with Crippen LogP contribution in [-0.4, -0.2) is 11.1 Å². The summed E-state index contributed by atoms with van der Waals surface area (Å²) < 4.78 is 1.76.